The molecular weight excluding hydrogens is 324 g/mol. The molecule has 0 aliphatic carbocycles. The molecule has 1 saturated heterocycles. The van der Waals surface area contributed by atoms with E-state index in [1.807, 2.05) is 32.9 Å². The maximum Gasteiger partial charge on any atom is 0.317 e. The number of hydrogen-bond acceptors (Lipinski definition) is 6. The molecule has 2 aromatic heterocycles. The van der Waals surface area contributed by atoms with Crippen LogP contribution < -0.4 is 5.32 Å². The number of urea groups is 1. The predicted molar refractivity (Wildman–Crippen MR) is 89.2 cm³/mol. The van der Waals surface area contributed by atoms with E-state index in [4.69, 9.17) is 13.7 Å². The number of nitrogens with one attached hydrogen (secondary N) is 1. The van der Waals surface area contributed by atoms with E-state index >= 15 is 0 Å². The molecule has 0 radical (unpaired) electrons. The number of aromatic nitrogens is 2. The summed E-state index contributed by atoms with van der Waals surface area (Å²) >= 11 is 0. The predicted octanol–water partition coefficient (Wildman–Crippen LogP) is 2.42. The van der Waals surface area contributed by atoms with Gasteiger partial charge in [-0.3, -0.25) is 0 Å². The van der Waals surface area contributed by atoms with Crippen molar-refractivity contribution in [3.8, 4) is 0 Å². The van der Waals surface area contributed by atoms with E-state index in [2.05, 4.69) is 15.5 Å². The number of morpholine rings is 1. The number of ether oxygens (including phenoxy) is 1. The largest absolute Gasteiger partial charge is 0.464 e. The van der Waals surface area contributed by atoms with Gasteiger partial charge in [-0.25, -0.2) is 4.79 Å². The summed E-state index contributed by atoms with van der Waals surface area (Å²) < 4.78 is 16.5. The molecule has 2 amide bonds. The summed E-state index contributed by atoms with van der Waals surface area (Å²) in [6.07, 6.45) is 0.286. The van der Waals surface area contributed by atoms with Crippen molar-refractivity contribution < 1.29 is 18.5 Å². The second kappa shape index (κ2) is 7.69. The maximum absolute atomic E-state index is 12.3. The van der Waals surface area contributed by atoms with E-state index in [0.29, 0.717) is 44.4 Å². The first-order valence-electron chi connectivity index (χ1n) is 8.56. The molecule has 8 heteroatoms. The lowest BCUT2D eigenvalue weighted by molar-refractivity contribution is -0.0263. The van der Waals surface area contributed by atoms with Gasteiger partial charge in [0.1, 0.15) is 17.6 Å². The minimum atomic E-state index is -0.224. The van der Waals surface area contributed by atoms with Crippen LogP contribution in [0, 0.1) is 6.92 Å². The number of amides is 2. The Kier molecular flexibility index (Phi) is 5.37. The van der Waals surface area contributed by atoms with Gasteiger partial charge in [-0.1, -0.05) is 19.0 Å². The topological polar surface area (TPSA) is 93.6 Å². The van der Waals surface area contributed by atoms with Crippen LogP contribution in [0.4, 0.5) is 4.79 Å². The van der Waals surface area contributed by atoms with E-state index in [-0.39, 0.29) is 18.1 Å². The third-order valence-corrected chi connectivity index (χ3v) is 4.05. The Hall–Kier alpha value is -2.35. The van der Waals surface area contributed by atoms with Gasteiger partial charge >= 0.3 is 6.03 Å². The zero-order valence-electron chi connectivity index (χ0n) is 14.8. The summed E-state index contributed by atoms with van der Waals surface area (Å²) in [5.74, 6) is 3.03. The molecule has 0 bridgehead atoms. The smallest absolute Gasteiger partial charge is 0.317 e. The van der Waals surface area contributed by atoms with Gasteiger partial charge in [0.25, 0.3) is 0 Å². The second-order valence-electron chi connectivity index (χ2n) is 6.44. The fourth-order valence-electron chi connectivity index (χ4n) is 2.62. The molecule has 8 nitrogen and oxygen atoms in total. The van der Waals surface area contributed by atoms with E-state index in [1.54, 1.807) is 4.90 Å². The van der Waals surface area contributed by atoms with Gasteiger partial charge in [0.2, 0.25) is 5.89 Å². The van der Waals surface area contributed by atoms with Gasteiger partial charge in [0.15, 0.2) is 5.82 Å². The van der Waals surface area contributed by atoms with Crippen LogP contribution in [0.1, 0.15) is 49.1 Å². The number of hydrogen-bond donors (Lipinski definition) is 1. The molecule has 3 heterocycles. The number of furan rings is 1. The van der Waals surface area contributed by atoms with Crippen molar-refractivity contribution in [3.63, 3.8) is 0 Å². The van der Waals surface area contributed by atoms with Crippen molar-refractivity contribution in [3.05, 3.63) is 35.4 Å². The first-order valence-corrected chi connectivity index (χ1v) is 8.56. The summed E-state index contributed by atoms with van der Waals surface area (Å²) in [5.41, 5.74) is 0. The molecule has 2 aromatic rings. The first-order chi connectivity index (χ1) is 12.0. The van der Waals surface area contributed by atoms with Crippen molar-refractivity contribution in [2.45, 2.75) is 39.2 Å². The Morgan fingerprint density at radius 2 is 2.28 bits per heavy atom. The van der Waals surface area contributed by atoms with E-state index in [0.717, 1.165) is 11.5 Å². The summed E-state index contributed by atoms with van der Waals surface area (Å²) in [6, 6.07) is 3.66. The highest BCUT2D eigenvalue weighted by Gasteiger charge is 2.27. The van der Waals surface area contributed by atoms with Gasteiger partial charge in [0, 0.05) is 25.4 Å². The van der Waals surface area contributed by atoms with Gasteiger partial charge < -0.3 is 23.9 Å². The van der Waals surface area contributed by atoms with Crippen molar-refractivity contribution in [2.24, 2.45) is 0 Å². The number of aryl methyl sites for hydroxylation is 1. The van der Waals surface area contributed by atoms with Crippen LogP contribution in [-0.2, 0) is 11.2 Å². The quantitative estimate of drug-likeness (QED) is 0.892. The third kappa shape index (κ3) is 4.39. The fourth-order valence-corrected chi connectivity index (χ4v) is 2.62. The molecule has 0 spiro atoms. The molecule has 0 unspecified atom stereocenters. The third-order valence-electron chi connectivity index (χ3n) is 4.05. The number of nitrogens with zero attached hydrogens (tertiary/aromatic N) is 3. The molecule has 1 fully saturated rings. The van der Waals surface area contributed by atoms with Crippen LogP contribution in [0.25, 0.3) is 0 Å². The zero-order chi connectivity index (χ0) is 17.8. The van der Waals surface area contributed by atoms with Crippen molar-refractivity contribution in [1.29, 1.82) is 0 Å². The molecule has 136 valence electrons. The lowest BCUT2D eigenvalue weighted by Crippen LogP contribution is -2.47. The molecule has 1 atom stereocenters. The SMILES string of the molecule is Cc1ccc([C@H]2CN(C(=O)NCCc3nc(C(C)C)no3)CCO2)o1. The standard InChI is InChI=1S/C17H24N4O4/c1-11(2)16-19-15(25-20-16)6-7-18-17(22)21-8-9-23-14(10-21)13-5-4-12(3)24-13/h4-5,11,14H,6-10H2,1-3H3,(H,18,22)/t14-/m1/s1. The highest BCUT2D eigenvalue weighted by atomic mass is 16.5. The monoisotopic (exact) mass is 348 g/mol. The van der Waals surface area contributed by atoms with Gasteiger partial charge in [-0.2, -0.15) is 4.98 Å². The Morgan fingerprint density at radius 1 is 1.44 bits per heavy atom. The van der Waals surface area contributed by atoms with E-state index in [9.17, 15) is 4.79 Å². The van der Waals surface area contributed by atoms with Gasteiger partial charge in [-0.15, -0.1) is 0 Å². The molecular formula is C17H24N4O4. The van der Waals surface area contributed by atoms with Crippen molar-refractivity contribution in [1.82, 2.24) is 20.4 Å². The summed E-state index contributed by atoms with van der Waals surface area (Å²) in [4.78, 5) is 18.4. The van der Waals surface area contributed by atoms with Crippen LogP contribution in [0.2, 0.25) is 0 Å². The van der Waals surface area contributed by atoms with Crippen molar-refractivity contribution >= 4 is 6.03 Å². The van der Waals surface area contributed by atoms with Crippen LogP contribution in [0.3, 0.4) is 0 Å². The van der Waals surface area contributed by atoms with Crippen LogP contribution >= 0.6 is 0 Å². The van der Waals surface area contributed by atoms with Crippen LogP contribution in [-0.4, -0.2) is 47.3 Å². The molecule has 0 aromatic carbocycles. The lowest BCUT2D eigenvalue weighted by Gasteiger charge is -2.32. The average molecular weight is 348 g/mol. The molecule has 25 heavy (non-hydrogen) atoms. The molecule has 1 aliphatic heterocycles. The Labute approximate surface area is 146 Å². The Morgan fingerprint density at radius 3 is 2.96 bits per heavy atom. The zero-order valence-corrected chi connectivity index (χ0v) is 14.8. The highest BCUT2D eigenvalue weighted by molar-refractivity contribution is 5.74. The maximum atomic E-state index is 12.3. The normalized spacial score (nSPS) is 17.9. The molecule has 3 rings (SSSR count). The van der Waals surface area contributed by atoms with Crippen molar-refractivity contribution in [2.75, 3.05) is 26.2 Å². The molecule has 1 N–H and O–H groups in total. The summed E-state index contributed by atoms with van der Waals surface area (Å²) in [5, 5.41) is 6.80. The van der Waals surface area contributed by atoms with Crippen LogP contribution in [0.15, 0.2) is 21.1 Å². The van der Waals surface area contributed by atoms with E-state index < -0.39 is 0 Å². The Balaban J connectivity index is 1.47. The Bertz CT molecular complexity index is 709. The fraction of sp³-hybridized carbons (Fsp3) is 0.588. The summed E-state index contributed by atoms with van der Waals surface area (Å²) in [6.45, 7) is 7.85. The molecule has 1 aliphatic rings. The summed E-state index contributed by atoms with van der Waals surface area (Å²) in [7, 11) is 0. The van der Waals surface area contributed by atoms with Gasteiger partial charge in [0.05, 0.1) is 13.2 Å². The van der Waals surface area contributed by atoms with E-state index in [1.165, 1.54) is 0 Å². The number of rotatable bonds is 5. The minimum Gasteiger partial charge on any atom is -0.464 e. The second-order valence-corrected chi connectivity index (χ2v) is 6.44. The van der Waals surface area contributed by atoms with Gasteiger partial charge in [-0.05, 0) is 19.1 Å². The average Bonchev–Trinajstić information content (AvgIpc) is 3.24. The first kappa shape index (κ1) is 17.5. The van der Waals surface area contributed by atoms with Crippen LogP contribution in [0.5, 0.6) is 0 Å². The number of carbonyl (C=O) groups is 1. The highest BCUT2D eigenvalue weighted by Crippen LogP contribution is 2.24. The lowest BCUT2D eigenvalue weighted by atomic mass is 10.2. The number of carbonyl (C=O) groups excluding carboxylic acids is 1. The minimum absolute atomic E-state index is 0.125. The molecule has 0 saturated carbocycles.